The van der Waals surface area contributed by atoms with Gasteiger partial charge < -0.3 is 15.0 Å². The molecule has 1 atom stereocenters. The lowest BCUT2D eigenvalue weighted by atomic mass is 10.2. The highest BCUT2D eigenvalue weighted by Crippen LogP contribution is 2.11. The van der Waals surface area contributed by atoms with Gasteiger partial charge in [0.25, 0.3) is 0 Å². The lowest BCUT2D eigenvalue weighted by molar-refractivity contribution is -0.134. The van der Waals surface area contributed by atoms with E-state index in [1.165, 1.54) is 5.56 Å². The molecule has 0 bridgehead atoms. The van der Waals surface area contributed by atoms with Gasteiger partial charge >= 0.3 is 6.09 Å². The van der Waals surface area contributed by atoms with Crippen molar-refractivity contribution in [1.29, 1.82) is 0 Å². The van der Waals surface area contributed by atoms with Crippen LogP contribution in [0.25, 0.3) is 0 Å². The van der Waals surface area contributed by atoms with E-state index in [1.807, 2.05) is 24.3 Å². The first-order valence-corrected chi connectivity index (χ1v) is 9.20. The van der Waals surface area contributed by atoms with Gasteiger partial charge in [-0.25, -0.2) is 4.79 Å². The molecule has 0 spiro atoms. The molecule has 0 saturated carbocycles. The molecule has 0 unspecified atom stereocenters. The molecule has 0 radical (unpaired) electrons. The fraction of sp³-hybridized carbons (Fsp3) is 0.333. The van der Waals surface area contributed by atoms with Crippen molar-refractivity contribution >= 4 is 12.0 Å². The van der Waals surface area contributed by atoms with Crippen molar-refractivity contribution in [2.75, 3.05) is 26.2 Å². The van der Waals surface area contributed by atoms with Gasteiger partial charge in [-0.05, 0) is 24.6 Å². The highest BCUT2D eigenvalue weighted by Gasteiger charge is 2.26. The number of hydrogen-bond acceptors (Lipinski definition) is 4. The van der Waals surface area contributed by atoms with Crippen molar-refractivity contribution in [2.45, 2.75) is 19.5 Å². The van der Waals surface area contributed by atoms with Gasteiger partial charge in [-0.2, -0.15) is 0 Å². The predicted molar refractivity (Wildman–Crippen MR) is 103 cm³/mol. The van der Waals surface area contributed by atoms with Gasteiger partial charge in [0, 0.05) is 32.7 Å². The number of amides is 2. The van der Waals surface area contributed by atoms with Crippen LogP contribution in [0.2, 0.25) is 0 Å². The topological polar surface area (TPSA) is 61.9 Å². The minimum atomic E-state index is -0.623. The van der Waals surface area contributed by atoms with Crippen molar-refractivity contribution < 1.29 is 14.3 Å². The van der Waals surface area contributed by atoms with E-state index in [9.17, 15) is 9.59 Å². The number of ether oxygens (including phenoxy) is 1. The van der Waals surface area contributed by atoms with E-state index in [0.717, 1.165) is 19.6 Å². The summed E-state index contributed by atoms with van der Waals surface area (Å²) in [6, 6.07) is 18.5. The molecule has 1 heterocycles. The molecule has 6 heteroatoms. The lowest BCUT2D eigenvalue weighted by Crippen LogP contribution is -2.54. The van der Waals surface area contributed by atoms with Crippen LogP contribution in [0.3, 0.4) is 0 Å². The molecule has 0 aliphatic carbocycles. The van der Waals surface area contributed by atoms with E-state index in [1.54, 1.807) is 36.1 Å². The van der Waals surface area contributed by atoms with Gasteiger partial charge in [-0.15, -0.1) is 0 Å². The first-order valence-electron chi connectivity index (χ1n) is 9.20. The fourth-order valence-electron chi connectivity index (χ4n) is 3.11. The van der Waals surface area contributed by atoms with E-state index in [4.69, 9.17) is 4.74 Å². The smallest absolute Gasteiger partial charge is 0.410 e. The first kappa shape index (κ1) is 18.9. The van der Waals surface area contributed by atoms with Crippen LogP contribution in [0.15, 0.2) is 60.7 Å². The van der Waals surface area contributed by atoms with Crippen molar-refractivity contribution in [2.24, 2.45) is 0 Å². The Kier molecular flexibility index (Phi) is 6.44. The van der Waals surface area contributed by atoms with Crippen LogP contribution in [0.4, 0.5) is 4.79 Å². The Bertz CT molecular complexity index is 744. The van der Waals surface area contributed by atoms with Crippen molar-refractivity contribution in [1.82, 2.24) is 15.1 Å². The number of nitrogens with one attached hydrogen (secondary N) is 1. The Hall–Kier alpha value is -2.86. The minimum Gasteiger partial charge on any atom is -0.410 e. The first-order chi connectivity index (χ1) is 13.1. The Balaban J connectivity index is 1.43. The van der Waals surface area contributed by atoms with Crippen LogP contribution in [-0.2, 0) is 11.3 Å². The normalized spacial score (nSPS) is 15.8. The summed E-state index contributed by atoms with van der Waals surface area (Å²) in [4.78, 5) is 28.7. The van der Waals surface area contributed by atoms with Crippen LogP contribution < -0.4 is 10.1 Å². The zero-order chi connectivity index (χ0) is 19.1. The van der Waals surface area contributed by atoms with Crippen LogP contribution in [0.5, 0.6) is 5.75 Å². The minimum absolute atomic E-state index is 0.0839. The number of para-hydroxylation sites is 1. The molecule has 27 heavy (non-hydrogen) atoms. The Morgan fingerprint density at radius 2 is 1.56 bits per heavy atom. The number of carbonyl (C=O) groups is 2. The average Bonchev–Trinajstić information content (AvgIpc) is 2.69. The highest BCUT2D eigenvalue weighted by molar-refractivity contribution is 5.85. The lowest BCUT2D eigenvalue weighted by Gasteiger charge is -2.36. The van der Waals surface area contributed by atoms with Crippen LogP contribution in [0.1, 0.15) is 12.5 Å². The molecule has 1 fully saturated rings. The summed E-state index contributed by atoms with van der Waals surface area (Å²) in [5.74, 6) is 0.364. The van der Waals surface area contributed by atoms with Gasteiger partial charge in [0.05, 0.1) is 0 Å². The molecule has 2 aromatic rings. The van der Waals surface area contributed by atoms with Crippen molar-refractivity contribution in [3.05, 3.63) is 66.2 Å². The van der Waals surface area contributed by atoms with Gasteiger partial charge in [-0.1, -0.05) is 48.5 Å². The van der Waals surface area contributed by atoms with Gasteiger partial charge in [0.15, 0.2) is 0 Å². The van der Waals surface area contributed by atoms with E-state index in [2.05, 4.69) is 22.3 Å². The standard InChI is InChI=1S/C21H25N3O3/c1-17(22-21(26)27-19-10-6-3-7-11-19)20(25)24-14-12-23(13-15-24)16-18-8-4-2-5-9-18/h2-11,17H,12-16H2,1H3,(H,22,26)/t17-/m0/s1. The SMILES string of the molecule is C[C@H](NC(=O)Oc1ccccc1)C(=O)N1CCN(Cc2ccccc2)CC1. The molecular weight excluding hydrogens is 342 g/mol. The fourth-order valence-corrected chi connectivity index (χ4v) is 3.11. The van der Waals surface area contributed by atoms with Gasteiger partial charge in [0.1, 0.15) is 11.8 Å². The molecule has 2 aromatic carbocycles. The molecule has 1 saturated heterocycles. The quantitative estimate of drug-likeness (QED) is 0.882. The molecule has 1 aliphatic heterocycles. The zero-order valence-electron chi connectivity index (χ0n) is 15.5. The maximum atomic E-state index is 12.6. The number of hydrogen-bond donors (Lipinski definition) is 1. The Labute approximate surface area is 159 Å². The summed E-state index contributed by atoms with van der Waals surface area (Å²) in [5.41, 5.74) is 1.27. The molecule has 2 amide bonds. The number of piperazine rings is 1. The summed E-state index contributed by atoms with van der Waals surface area (Å²) in [5, 5.41) is 2.61. The van der Waals surface area contributed by atoms with E-state index in [-0.39, 0.29) is 5.91 Å². The third kappa shape index (κ3) is 5.56. The Morgan fingerprint density at radius 3 is 2.19 bits per heavy atom. The van der Waals surface area contributed by atoms with Crippen LogP contribution in [0, 0.1) is 0 Å². The van der Waals surface area contributed by atoms with E-state index >= 15 is 0 Å². The molecule has 0 aromatic heterocycles. The van der Waals surface area contributed by atoms with Crippen LogP contribution >= 0.6 is 0 Å². The molecular formula is C21H25N3O3. The molecule has 1 aliphatic rings. The molecule has 142 valence electrons. The Morgan fingerprint density at radius 1 is 0.963 bits per heavy atom. The van der Waals surface area contributed by atoms with Crippen molar-refractivity contribution in [3.63, 3.8) is 0 Å². The zero-order valence-corrected chi connectivity index (χ0v) is 15.5. The summed E-state index contributed by atoms with van der Waals surface area (Å²) in [7, 11) is 0. The highest BCUT2D eigenvalue weighted by atomic mass is 16.6. The van der Waals surface area contributed by atoms with E-state index < -0.39 is 12.1 Å². The molecule has 1 N–H and O–H groups in total. The third-order valence-electron chi connectivity index (χ3n) is 4.59. The number of nitrogens with zero attached hydrogens (tertiary/aromatic N) is 2. The number of carbonyl (C=O) groups excluding carboxylic acids is 2. The monoisotopic (exact) mass is 367 g/mol. The molecule has 3 rings (SSSR count). The molecule has 6 nitrogen and oxygen atoms in total. The maximum absolute atomic E-state index is 12.6. The summed E-state index contributed by atoms with van der Waals surface area (Å²) in [6.07, 6.45) is -0.621. The second-order valence-electron chi connectivity index (χ2n) is 6.66. The largest absolute Gasteiger partial charge is 0.413 e. The average molecular weight is 367 g/mol. The van der Waals surface area contributed by atoms with Crippen LogP contribution in [-0.4, -0.2) is 54.0 Å². The third-order valence-corrected chi connectivity index (χ3v) is 4.59. The summed E-state index contributed by atoms with van der Waals surface area (Å²) >= 11 is 0. The summed E-state index contributed by atoms with van der Waals surface area (Å²) in [6.45, 7) is 5.53. The van der Waals surface area contributed by atoms with Gasteiger partial charge in [-0.3, -0.25) is 9.69 Å². The predicted octanol–water partition coefficient (Wildman–Crippen LogP) is 2.51. The summed E-state index contributed by atoms with van der Waals surface area (Å²) < 4.78 is 5.18. The number of benzene rings is 2. The van der Waals surface area contributed by atoms with E-state index in [0.29, 0.717) is 18.8 Å². The number of rotatable bonds is 5. The van der Waals surface area contributed by atoms with Gasteiger partial charge in [0.2, 0.25) is 5.91 Å². The van der Waals surface area contributed by atoms with Crippen molar-refractivity contribution in [3.8, 4) is 5.75 Å². The second kappa shape index (κ2) is 9.19. The second-order valence-corrected chi connectivity index (χ2v) is 6.66. The maximum Gasteiger partial charge on any atom is 0.413 e.